The number of fused-ring (bicyclic) bond motifs is 8. The molecule has 0 amide bonds. The van der Waals surface area contributed by atoms with E-state index in [0.29, 0.717) is 5.82 Å². The third kappa shape index (κ3) is 5.86. The monoisotopic (exact) mass is 783 g/mol. The summed E-state index contributed by atoms with van der Waals surface area (Å²) in [7, 11) is 0. The van der Waals surface area contributed by atoms with Gasteiger partial charge in [-0.25, -0.2) is 15.0 Å². The van der Waals surface area contributed by atoms with Crippen molar-refractivity contribution in [3.63, 3.8) is 0 Å². The molecule has 280 valence electrons. The van der Waals surface area contributed by atoms with Crippen LogP contribution in [-0.2, 0) is 0 Å². The van der Waals surface area contributed by atoms with Crippen LogP contribution in [0.3, 0.4) is 0 Å². The maximum Gasteiger partial charge on any atom is 0.160 e. The molecule has 12 aromatic rings. The van der Waals surface area contributed by atoms with Crippen molar-refractivity contribution in [1.82, 2.24) is 15.0 Å². The van der Waals surface area contributed by atoms with Gasteiger partial charge in [-0.15, -0.1) is 11.3 Å². The Morgan fingerprint density at radius 2 is 0.900 bits per heavy atom. The predicted octanol–water partition coefficient (Wildman–Crippen LogP) is 15.3. The third-order valence-corrected chi connectivity index (χ3v) is 12.7. The van der Waals surface area contributed by atoms with Gasteiger partial charge in [-0.05, 0) is 64.7 Å². The van der Waals surface area contributed by atoms with Crippen molar-refractivity contribution in [3.8, 4) is 67.4 Å². The summed E-state index contributed by atoms with van der Waals surface area (Å²) < 4.78 is 8.71. The number of nitrogens with zero attached hydrogens (tertiary/aromatic N) is 3. The van der Waals surface area contributed by atoms with E-state index in [0.717, 1.165) is 94.4 Å². The zero-order chi connectivity index (χ0) is 39.6. The average molecular weight is 784 g/mol. The van der Waals surface area contributed by atoms with E-state index in [1.54, 1.807) is 0 Å². The standard InChI is InChI=1S/C55H33N3OS/c1-3-11-36(12-4-1)47-33-48(37-13-5-2-6-14-37)58-55(57-47)39-25-21-35(22-26-39)34-19-23-38(24-20-34)53-54-52(44-16-8-10-18-51(44)60-54)45-31-40(28-30-46(45)56-53)41-27-29-43-42-15-7-9-17-49(42)59-50(43)32-41/h1-33H. The van der Waals surface area contributed by atoms with Crippen LogP contribution in [0.2, 0.25) is 0 Å². The highest BCUT2D eigenvalue weighted by Gasteiger charge is 2.18. The Labute approximate surface area is 349 Å². The van der Waals surface area contributed by atoms with Gasteiger partial charge in [0.2, 0.25) is 0 Å². The first-order valence-corrected chi connectivity index (χ1v) is 20.9. The van der Waals surface area contributed by atoms with Crippen molar-refractivity contribution in [2.24, 2.45) is 0 Å². The normalized spacial score (nSPS) is 11.7. The van der Waals surface area contributed by atoms with E-state index < -0.39 is 0 Å². The number of rotatable bonds is 6. The van der Waals surface area contributed by atoms with Gasteiger partial charge in [0.15, 0.2) is 5.82 Å². The van der Waals surface area contributed by atoms with Crippen molar-refractivity contribution in [1.29, 1.82) is 0 Å². The van der Waals surface area contributed by atoms with E-state index in [4.69, 9.17) is 19.4 Å². The molecular weight excluding hydrogens is 751 g/mol. The van der Waals surface area contributed by atoms with Gasteiger partial charge in [-0.2, -0.15) is 0 Å². The van der Waals surface area contributed by atoms with Crippen molar-refractivity contribution >= 4 is 64.4 Å². The molecule has 0 atom stereocenters. The Morgan fingerprint density at radius 3 is 1.62 bits per heavy atom. The van der Waals surface area contributed by atoms with Crippen LogP contribution in [0.5, 0.6) is 0 Å². The Kier molecular flexibility index (Phi) is 8.00. The molecule has 4 nitrogen and oxygen atoms in total. The molecule has 0 saturated carbocycles. The molecule has 8 aromatic carbocycles. The molecule has 0 aliphatic carbocycles. The maximum atomic E-state index is 6.26. The summed E-state index contributed by atoms with van der Waals surface area (Å²) in [6.45, 7) is 0. The Bertz CT molecular complexity index is 3520. The van der Waals surface area contributed by atoms with E-state index in [1.165, 1.54) is 20.2 Å². The topological polar surface area (TPSA) is 51.8 Å². The van der Waals surface area contributed by atoms with Gasteiger partial charge in [0, 0.05) is 53.9 Å². The van der Waals surface area contributed by atoms with Crippen molar-refractivity contribution in [3.05, 3.63) is 200 Å². The number of furan rings is 1. The van der Waals surface area contributed by atoms with E-state index >= 15 is 0 Å². The SMILES string of the molecule is c1ccc(-c2cc(-c3ccccc3)nc(-c3ccc(-c4ccc(-c5nc6ccc(-c7ccc8c(c7)oc7ccccc78)cc6c6c5sc5ccccc56)cc4)cc3)n2)cc1. The number of hydrogen-bond acceptors (Lipinski definition) is 5. The molecule has 0 saturated heterocycles. The highest BCUT2D eigenvalue weighted by molar-refractivity contribution is 7.26. The van der Waals surface area contributed by atoms with Gasteiger partial charge in [0.05, 0.1) is 27.3 Å². The zero-order valence-corrected chi connectivity index (χ0v) is 33.0. The molecule has 0 fully saturated rings. The summed E-state index contributed by atoms with van der Waals surface area (Å²) in [6.07, 6.45) is 0. The van der Waals surface area contributed by atoms with Crippen LogP contribution in [0, 0.1) is 0 Å². The minimum absolute atomic E-state index is 0.700. The highest BCUT2D eigenvalue weighted by atomic mass is 32.1. The molecule has 60 heavy (non-hydrogen) atoms. The number of thiophene rings is 1. The van der Waals surface area contributed by atoms with Crippen LogP contribution in [-0.4, -0.2) is 15.0 Å². The lowest BCUT2D eigenvalue weighted by atomic mass is 9.97. The van der Waals surface area contributed by atoms with Crippen LogP contribution in [0.15, 0.2) is 205 Å². The van der Waals surface area contributed by atoms with E-state index in [1.807, 2.05) is 59.9 Å². The van der Waals surface area contributed by atoms with Gasteiger partial charge in [0.1, 0.15) is 11.2 Å². The van der Waals surface area contributed by atoms with E-state index in [9.17, 15) is 0 Å². The van der Waals surface area contributed by atoms with Gasteiger partial charge >= 0.3 is 0 Å². The summed E-state index contributed by atoms with van der Waals surface area (Å²) >= 11 is 1.81. The van der Waals surface area contributed by atoms with Gasteiger partial charge in [-0.1, -0.05) is 158 Å². The zero-order valence-electron chi connectivity index (χ0n) is 32.2. The number of aromatic nitrogens is 3. The molecular formula is C55H33N3OS. The number of benzene rings is 8. The van der Waals surface area contributed by atoms with E-state index in [2.05, 4.69) is 152 Å². The minimum Gasteiger partial charge on any atom is -0.456 e. The first-order valence-electron chi connectivity index (χ1n) is 20.1. The maximum absolute atomic E-state index is 6.26. The van der Waals surface area contributed by atoms with E-state index in [-0.39, 0.29) is 0 Å². The predicted molar refractivity (Wildman–Crippen MR) is 250 cm³/mol. The van der Waals surface area contributed by atoms with Gasteiger partial charge in [0.25, 0.3) is 0 Å². The number of hydrogen-bond donors (Lipinski definition) is 0. The smallest absolute Gasteiger partial charge is 0.160 e. The summed E-state index contributed by atoms with van der Waals surface area (Å²) in [4.78, 5) is 15.4. The molecule has 4 heterocycles. The lowest BCUT2D eigenvalue weighted by molar-refractivity contribution is 0.669. The fourth-order valence-corrected chi connectivity index (χ4v) is 9.72. The van der Waals surface area contributed by atoms with Crippen molar-refractivity contribution in [2.45, 2.75) is 0 Å². The van der Waals surface area contributed by atoms with Crippen LogP contribution in [0.25, 0.3) is 120 Å². The largest absolute Gasteiger partial charge is 0.456 e. The summed E-state index contributed by atoms with van der Waals surface area (Å²) in [5, 5.41) is 5.92. The lowest BCUT2D eigenvalue weighted by Crippen LogP contribution is -1.95. The molecule has 0 spiro atoms. The van der Waals surface area contributed by atoms with Crippen molar-refractivity contribution in [2.75, 3.05) is 0 Å². The van der Waals surface area contributed by atoms with Gasteiger partial charge in [-0.3, -0.25) is 0 Å². The lowest BCUT2D eigenvalue weighted by Gasteiger charge is -2.11. The quantitative estimate of drug-likeness (QED) is 0.169. The second-order valence-corrected chi connectivity index (χ2v) is 16.2. The fraction of sp³-hybridized carbons (Fsp3) is 0. The van der Waals surface area contributed by atoms with Crippen LogP contribution >= 0.6 is 11.3 Å². The molecule has 0 aliphatic rings. The highest BCUT2D eigenvalue weighted by Crippen LogP contribution is 2.44. The Morgan fingerprint density at radius 1 is 0.350 bits per heavy atom. The molecule has 0 radical (unpaired) electrons. The third-order valence-electron chi connectivity index (χ3n) is 11.5. The van der Waals surface area contributed by atoms with Crippen LogP contribution in [0.4, 0.5) is 0 Å². The second-order valence-electron chi connectivity index (χ2n) is 15.2. The number of para-hydroxylation sites is 1. The molecule has 0 N–H and O–H groups in total. The summed E-state index contributed by atoms with van der Waals surface area (Å²) in [5.74, 6) is 0.700. The van der Waals surface area contributed by atoms with Gasteiger partial charge < -0.3 is 4.42 Å². The molecule has 0 aliphatic heterocycles. The van der Waals surface area contributed by atoms with Crippen LogP contribution < -0.4 is 0 Å². The second kappa shape index (κ2) is 14.0. The molecule has 4 aromatic heterocycles. The molecule has 5 heteroatoms. The Hall–Kier alpha value is -7.73. The molecule has 0 bridgehead atoms. The first-order chi connectivity index (χ1) is 29.7. The first kappa shape index (κ1) is 34.3. The molecule has 0 unspecified atom stereocenters. The minimum atomic E-state index is 0.700. The average Bonchev–Trinajstić information content (AvgIpc) is 3.91. The summed E-state index contributed by atoms with van der Waals surface area (Å²) in [5.41, 5.74) is 14.3. The Balaban J connectivity index is 0.902. The summed E-state index contributed by atoms with van der Waals surface area (Å²) in [6, 6.07) is 70.2. The fourth-order valence-electron chi connectivity index (χ4n) is 8.49. The van der Waals surface area contributed by atoms with Crippen molar-refractivity contribution < 1.29 is 4.42 Å². The molecule has 12 rings (SSSR count). The van der Waals surface area contributed by atoms with Crippen LogP contribution in [0.1, 0.15) is 0 Å². The number of pyridine rings is 1.